The average molecular weight is 455 g/mol. The molecule has 9 heteroatoms. The number of halogens is 3. The molecule has 4 rings (SSSR count). The molecule has 0 saturated heterocycles. The molecular formula is C24H20F3N3O3. The largest absolute Gasteiger partial charge is 0.504 e. The summed E-state index contributed by atoms with van der Waals surface area (Å²) in [6.45, 7) is 0. The number of benzene rings is 2. The van der Waals surface area contributed by atoms with E-state index in [-0.39, 0.29) is 35.1 Å². The van der Waals surface area contributed by atoms with Gasteiger partial charge in [-0.05, 0) is 54.8 Å². The summed E-state index contributed by atoms with van der Waals surface area (Å²) in [6.07, 6.45) is -3.19. The van der Waals surface area contributed by atoms with Crippen LogP contribution in [0.4, 0.5) is 18.9 Å². The zero-order valence-electron chi connectivity index (χ0n) is 17.6. The molecule has 2 aromatic rings. The van der Waals surface area contributed by atoms with Gasteiger partial charge in [-0.25, -0.2) is 0 Å². The van der Waals surface area contributed by atoms with Crippen LogP contribution in [0.15, 0.2) is 65.1 Å². The molecule has 1 heterocycles. The molecule has 2 aromatic carbocycles. The number of phenolic OH excluding ortho intramolecular Hbond substituents is 1. The number of nitrogens with two attached hydrogens (primary N) is 1. The summed E-state index contributed by atoms with van der Waals surface area (Å²) in [6, 6.07) is 11.1. The van der Waals surface area contributed by atoms with Crippen molar-refractivity contribution in [2.24, 2.45) is 5.73 Å². The van der Waals surface area contributed by atoms with Gasteiger partial charge in [-0.15, -0.1) is 0 Å². The van der Waals surface area contributed by atoms with Gasteiger partial charge in [0.15, 0.2) is 17.3 Å². The van der Waals surface area contributed by atoms with Gasteiger partial charge in [-0.1, -0.05) is 6.07 Å². The molecule has 1 aliphatic heterocycles. The van der Waals surface area contributed by atoms with Crippen molar-refractivity contribution in [3.63, 3.8) is 0 Å². The first kappa shape index (κ1) is 22.3. The Morgan fingerprint density at radius 2 is 1.88 bits per heavy atom. The highest BCUT2D eigenvalue weighted by atomic mass is 19.4. The number of ketones is 1. The maximum atomic E-state index is 13.1. The van der Waals surface area contributed by atoms with Gasteiger partial charge in [0.2, 0.25) is 0 Å². The van der Waals surface area contributed by atoms with Gasteiger partial charge < -0.3 is 15.6 Å². The monoisotopic (exact) mass is 455 g/mol. The van der Waals surface area contributed by atoms with Crippen molar-refractivity contribution in [3.8, 4) is 17.6 Å². The number of phenols is 1. The fourth-order valence-corrected chi connectivity index (χ4v) is 4.39. The van der Waals surface area contributed by atoms with Crippen molar-refractivity contribution < 1.29 is 27.8 Å². The third kappa shape index (κ3) is 3.78. The third-order valence-electron chi connectivity index (χ3n) is 5.90. The number of carbonyl (C=O) groups excluding carboxylic acids is 1. The van der Waals surface area contributed by atoms with Crippen LogP contribution >= 0.6 is 0 Å². The van der Waals surface area contributed by atoms with Crippen LogP contribution in [0.25, 0.3) is 0 Å². The van der Waals surface area contributed by atoms with Gasteiger partial charge >= 0.3 is 6.18 Å². The summed E-state index contributed by atoms with van der Waals surface area (Å²) < 4.78 is 44.3. The van der Waals surface area contributed by atoms with Gasteiger partial charge in [-0.3, -0.25) is 9.69 Å². The van der Waals surface area contributed by atoms with Crippen LogP contribution in [0.3, 0.4) is 0 Å². The highest BCUT2D eigenvalue weighted by Gasteiger charge is 2.40. The molecule has 0 bridgehead atoms. The van der Waals surface area contributed by atoms with Crippen molar-refractivity contribution in [2.45, 2.75) is 31.4 Å². The van der Waals surface area contributed by atoms with Gasteiger partial charge in [0.1, 0.15) is 5.82 Å². The number of hydrogen-bond donors (Lipinski definition) is 2. The fourth-order valence-electron chi connectivity index (χ4n) is 4.39. The topological polar surface area (TPSA) is 99.6 Å². The lowest BCUT2D eigenvalue weighted by atomic mass is 9.75. The van der Waals surface area contributed by atoms with E-state index in [1.54, 1.807) is 12.1 Å². The predicted octanol–water partition coefficient (Wildman–Crippen LogP) is 4.72. The minimum absolute atomic E-state index is 0.0442. The third-order valence-corrected chi connectivity index (χ3v) is 5.90. The Kier molecular flexibility index (Phi) is 5.54. The number of nitrogens with zero attached hydrogens (tertiary/aromatic N) is 2. The molecule has 2 aliphatic rings. The number of alkyl halides is 3. The Balaban J connectivity index is 1.91. The first-order chi connectivity index (χ1) is 15.7. The normalized spacial score (nSPS) is 18.8. The van der Waals surface area contributed by atoms with E-state index in [1.807, 2.05) is 0 Å². The molecule has 0 fully saturated rings. The zero-order chi connectivity index (χ0) is 23.9. The van der Waals surface area contributed by atoms with E-state index in [0.29, 0.717) is 35.4 Å². The fraction of sp³-hybridized carbons (Fsp3) is 0.250. The summed E-state index contributed by atoms with van der Waals surface area (Å²) in [5.74, 6) is -0.812. The van der Waals surface area contributed by atoms with E-state index in [9.17, 15) is 28.3 Å². The number of Topliss-reactive ketones (excluding diaryl/α,β-unsaturated/α-hetero) is 1. The van der Waals surface area contributed by atoms with E-state index in [4.69, 9.17) is 10.5 Å². The molecular weight excluding hydrogens is 435 g/mol. The second-order valence-corrected chi connectivity index (χ2v) is 7.79. The molecule has 1 aliphatic carbocycles. The number of carbonyl (C=O) groups is 1. The second kappa shape index (κ2) is 8.20. The molecule has 33 heavy (non-hydrogen) atoms. The number of rotatable bonds is 3. The summed E-state index contributed by atoms with van der Waals surface area (Å²) >= 11 is 0. The van der Waals surface area contributed by atoms with Crippen LogP contribution in [0.5, 0.6) is 11.5 Å². The molecule has 0 radical (unpaired) electrons. The van der Waals surface area contributed by atoms with Crippen molar-refractivity contribution in [2.75, 3.05) is 12.0 Å². The first-order valence-electron chi connectivity index (χ1n) is 10.2. The minimum Gasteiger partial charge on any atom is -0.504 e. The van der Waals surface area contributed by atoms with Crippen LogP contribution < -0.4 is 15.4 Å². The lowest BCUT2D eigenvalue weighted by molar-refractivity contribution is -0.137. The summed E-state index contributed by atoms with van der Waals surface area (Å²) in [7, 11) is 1.39. The molecule has 0 aromatic heterocycles. The maximum Gasteiger partial charge on any atom is 0.416 e. The first-order valence-corrected chi connectivity index (χ1v) is 10.2. The Hall–Kier alpha value is -3.93. The SMILES string of the molecule is COc1cc([C@H]2C(C#N)=C(N)N(c3ccc(C(F)(F)F)cc3)C3=C2C(=O)CCC3)ccc1O. The number of hydrogen-bond acceptors (Lipinski definition) is 6. The van der Waals surface area contributed by atoms with E-state index < -0.39 is 17.7 Å². The molecule has 0 spiro atoms. The number of ether oxygens (including phenoxy) is 1. The standard InChI is InChI=1S/C24H20F3N3O3/c1-33-20-11-13(5-10-18(20)31)21-16(12-28)23(29)30(17-3-2-4-19(32)22(17)21)15-8-6-14(7-9-15)24(25,26)27/h5-11,21,31H,2-4,29H2,1H3/t21-/m0/s1. The number of methoxy groups -OCH3 is 1. The van der Waals surface area contributed by atoms with Gasteiger partial charge in [0.05, 0.1) is 30.2 Å². The summed E-state index contributed by atoms with van der Waals surface area (Å²) in [4.78, 5) is 14.6. The molecule has 0 unspecified atom stereocenters. The average Bonchev–Trinajstić information content (AvgIpc) is 2.78. The Morgan fingerprint density at radius 1 is 1.18 bits per heavy atom. The molecule has 6 nitrogen and oxygen atoms in total. The highest BCUT2D eigenvalue weighted by Crippen LogP contribution is 2.47. The summed E-state index contributed by atoms with van der Waals surface area (Å²) in [5, 5.41) is 20.0. The van der Waals surface area contributed by atoms with Crippen molar-refractivity contribution >= 4 is 11.5 Å². The number of nitriles is 1. The van der Waals surface area contributed by atoms with Crippen molar-refractivity contribution in [3.05, 3.63) is 76.3 Å². The van der Waals surface area contributed by atoms with Gasteiger partial charge in [0, 0.05) is 23.4 Å². The Labute approximate surface area is 188 Å². The van der Waals surface area contributed by atoms with Gasteiger partial charge in [0.25, 0.3) is 0 Å². The molecule has 1 atom stereocenters. The van der Waals surface area contributed by atoms with Crippen LogP contribution in [-0.4, -0.2) is 18.0 Å². The molecule has 3 N–H and O–H groups in total. The summed E-state index contributed by atoms with van der Waals surface area (Å²) in [5.41, 5.74) is 7.49. The Bertz CT molecular complexity index is 1220. The Morgan fingerprint density at radius 3 is 2.48 bits per heavy atom. The number of allylic oxidation sites excluding steroid dienone is 3. The lowest BCUT2D eigenvalue weighted by Gasteiger charge is -2.39. The number of aromatic hydroxyl groups is 1. The predicted molar refractivity (Wildman–Crippen MR) is 114 cm³/mol. The second-order valence-electron chi connectivity index (χ2n) is 7.79. The van der Waals surface area contributed by atoms with Crippen LogP contribution in [0.1, 0.15) is 36.3 Å². The molecule has 0 saturated carbocycles. The van der Waals surface area contributed by atoms with Crippen LogP contribution in [0.2, 0.25) is 0 Å². The highest BCUT2D eigenvalue weighted by molar-refractivity contribution is 6.01. The lowest BCUT2D eigenvalue weighted by Crippen LogP contribution is -2.38. The van der Waals surface area contributed by atoms with Crippen molar-refractivity contribution in [1.82, 2.24) is 0 Å². The number of anilines is 1. The van der Waals surface area contributed by atoms with E-state index >= 15 is 0 Å². The van der Waals surface area contributed by atoms with Crippen LogP contribution in [0, 0.1) is 11.3 Å². The molecule has 170 valence electrons. The van der Waals surface area contributed by atoms with Crippen molar-refractivity contribution in [1.29, 1.82) is 5.26 Å². The van der Waals surface area contributed by atoms with Gasteiger partial charge in [-0.2, -0.15) is 18.4 Å². The van der Waals surface area contributed by atoms with E-state index in [1.165, 1.54) is 30.2 Å². The van der Waals surface area contributed by atoms with Crippen LogP contribution in [-0.2, 0) is 11.0 Å². The maximum absolute atomic E-state index is 13.1. The van der Waals surface area contributed by atoms with E-state index in [2.05, 4.69) is 6.07 Å². The quantitative estimate of drug-likeness (QED) is 0.695. The van der Waals surface area contributed by atoms with E-state index in [0.717, 1.165) is 12.1 Å². The zero-order valence-corrected chi connectivity index (χ0v) is 17.6. The smallest absolute Gasteiger partial charge is 0.416 e. The molecule has 0 amide bonds. The minimum atomic E-state index is -4.49.